The number of rotatable bonds is 8. The third-order valence-electron chi connectivity index (χ3n) is 3.76. The van der Waals surface area contributed by atoms with Crippen molar-refractivity contribution in [2.75, 3.05) is 19.7 Å². The molecule has 2 rings (SSSR count). The predicted octanol–water partition coefficient (Wildman–Crippen LogP) is 3.47. The Labute approximate surface area is 128 Å². The van der Waals surface area contributed by atoms with Crippen molar-refractivity contribution < 1.29 is 4.74 Å². The number of para-hydroxylation sites is 1. The number of nitrogens with zero attached hydrogens (tertiary/aromatic N) is 1. The summed E-state index contributed by atoms with van der Waals surface area (Å²) in [4.78, 5) is 2.40. The van der Waals surface area contributed by atoms with Crippen molar-refractivity contribution in [3.8, 4) is 5.75 Å². The average Bonchev–Trinajstić information content (AvgIpc) is 2.54. The Kier molecular flexibility index (Phi) is 6.35. The molecule has 114 valence electrons. The van der Waals surface area contributed by atoms with E-state index in [1.807, 2.05) is 24.3 Å². The van der Waals surface area contributed by atoms with Gasteiger partial charge in [0.1, 0.15) is 12.4 Å². The van der Waals surface area contributed by atoms with Gasteiger partial charge in [0.15, 0.2) is 0 Å². The Bertz CT molecular complexity index is 494. The van der Waals surface area contributed by atoms with Crippen molar-refractivity contribution in [1.82, 2.24) is 4.90 Å². The smallest absolute Gasteiger partial charge is 0.128 e. The number of hydrogen-bond donors (Lipinski definition) is 1. The van der Waals surface area contributed by atoms with E-state index in [1.165, 1.54) is 25.0 Å². The molecule has 0 saturated heterocycles. The molecule has 1 aliphatic rings. The van der Waals surface area contributed by atoms with Gasteiger partial charge in [-0.1, -0.05) is 50.1 Å². The number of benzene rings is 1. The van der Waals surface area contributed by atoms with E-state index >= 15 is 0 Å². The molecule has 0 amide bonds. The fourth-order valence-electron chi connectivity index (χ4n) is 2.48. The van der Waals surface area contributed by atoms with E-state index in [0.29, 0.717) is 13.2 Å². The molecule has 0 bridgehead atoms. The van der Waals surface area contributed by atoms with Crippen LogP contribution in [0.1, 0.15) is 31.7 Å². The van der Waals surface area contributed by atoms with Gasteiger partial charge in [0, 0.05) is 25.2 Å². The predicted molar refractivity (Wildman–Crippen MR) is 88.1 cm³/mol. The molecule has 3 heteroatoms. The van der Waals surface area contributed by atoms with Gasteiger partial charge < -0.3 is 15.4 Å². The third kappa shape index (κ3) is 4.64. The van der Waals surface area contributed by atoms with Crippen molar-refractivity contribution in [2.24, 2.45) is 5.73 Å². The van der Waals surface area contributed by atoms with E-state index < -0.39 is 0 Å². The SMILES string of the molecule is CCCCCN1CC=CC=C1COc1ccccc1CN. The maximum absolute atomic E-state index is 5.98. The highest BCUT2D eigenvalue weighted by Gasteiger charge is 2.11. The first kappa shape index (κ1) is 15.6. The summed E-state index contributed by atoms with van der Waals surface area (Å²) in [6.07, 6.45) is 10.2. The maximum atomic E-state index is 5.98. The molecular weight excluding hydrogens is 260 g/mol. The van der Waals surface area contributed by atoms with Gasteiger partial charge in [-0.3, -0.25) is 0 Å². The first-order valence-corrected chi connectivity index (χ1v) is 7.86. The van der Waals surface area contributed by atoms with E-state index in [-0.39, 0.29) is 0 Å². The zero-order valence-electron chi connectivity index (χ0n) is 12.9. The molecule has 3 nitrogen and oxygen atoms in total. The topological polar surface area (TPSA) is 38.5 Å². The summed E-state index contributed by atoms with van der Waals surface area (Å²) in [6, 6.07) is 7.99. The van der Waals surface area contributed by atoms with Crippen LogP contribution in [0.2, 0.25) is 0 Å². The maximum Gasteiger partial charge on any atom is 0.128 e. The molecule has 0 aromatic heterocycles. The summed E-state index contributed by atoms with van der Waals surface area (Å²) in [5.74, 6) is 0.893. The van der Waals surface area contributed by atoms with Gasteiger partial charge in [-0.25, -0.2) is 0 Å². The lowest BCUT2D eigenvalue weighted by Crippen LogP contribution is -2.29. The third-order valence-corrected chi connectivity index (χ3v) is 3.76. The Balaban J connectivity index is 1.93. The molecule has 0 atom stereocenters. The molecule has 0 spiro atoms. The zero-order chi connectivity index (χ0) is 14.9. The monoisotopic (exact) mass is 286 g/mol. The van der Waals surface area contributed by atoms with Gasteiger partial charge >= 0.3 is 0 Å². The molecule has 2 N–H and O–H groups in total. The molecular formula is C18H26N2O. The van der Waals surface area contributed by atoms with E-state index in [1.54, 1.807) is 0 Å². The Morgan fingerprint density at radius 2 is 2.10 bits per heavy atom. The van der Waals surface area contributed by atoms with Crippen molar-refractivity contribution in [1.29, 1.82) is 0 Å². The minimum absolute atomic E-state index is 0.509. The minimum atomic E-state index is 0.509. The number of nitrogens with two attached hydrogens (primary N) is 1. The highest BCUT2D eigenvalue weighted by Crippen LogP contribution is 2.19. The number of hydrogen-bond acceptors (Lipinski definition) is 3. The van der Waals surface area contributed by atoms with Crippen LogP contribution >= 0.6 is 0 Å². The van der Waals surface area contributed by atoms with Gasteiger partial charge in [-0.15, -0.1) is 0 Å². The lowest BCUT2D eigenvalue weighted by atomic mass is 10.2. The summed E-state index contributed by atoms with van der Waals surface area (Å²) in [7, 11) is 0. The first-order chi connectivity index (χ1) is 10.3. The summed E-state index contributed by atoms with van der Waals surface area (Å²) in [6.45, 7) is 5.44. The fraction of sp³-hybridized carbons (Fsp3) is 0.444. The zero-order valence-corrected chi connectivity index (χ0v) is 12.9. The van der Waals surface area contributed by atoms with Crippen LogP contribution in [-0.4, -0.2) is 24.6 Å². The Morgan fingerprint density at radius 3 is 2.90 bits per heavy atom. The van der Waals surface area contributed by atoms with E-state index in [0.717, 1.165) is 24.4 Å². The molecule has 1 aliphatic heterocycles. The van der Waals surface area contributed by atoms with Gasteiger partial charge in [-0.05, 0) is 18.6 Å². The van der Waals surface area contributed by atoms with Gasteiger partial charge in [0.25, 0.3) is 0 Å². The number of ether oxygens (including phenoxy) is 1. The summed E-state index contributed by atoms with van der Waals surface area (Å²) in [5.41, 5.74) is 8.06. The largest absolute Gasteiger partial charge is 0.487 e. The quantitative estimate of drug-likeness (QED) is 0.744. The second-order valence-corrected chi connectivity index (χ2v) is 5.34. The van der Waals surface area contributed by atoms with Crippen LogP contribution in [0.15, 0.2) is 48.2 Å². The summed E-state index contributed by atoms with van der Waals surface area (Å²) < 4.78 is 5.98. The molecule has 1 aromatic carbocycles. The van der Waals surface area contributed by atoms with Crippen molar-refractivity contribution in [3.05, 3.63) is 53.8 Å². The Hall–Kier alpha value is -1.74. The van der Waals surface area contributed by atoms with Crippen LogP contribution in [0, 0.1) is 0 Å². The fourth-order valence-corrected chi connectivity index (χ4v) is 2.48. The van der Waals surface area contributed by atoms with E-state index in [4.69, 9.17) is 10.5 Å². The van der Waals surface area contributed by atoms with Gasteiger partial charge in [0.05, 0.1) is 5.70 Å². The molecule has 1 heterocycles. The lowest BCUT2D eigenvalue weighted by Gasteiger charge is -2.28. The van der Waals surface area contributed by atoms with Gasteiger partial charge in [-0.2, -0.15) is 0 Å². The van der Waals surface area contributed by atoms with Crippen molar-refractivity contribution in [3.63, 3.8) is 0 Å². The molecule has 0 fully saturated rings. The van der Waals surface area contributed by atoms with Crippen molar-refractivity contribution in [2.45, 2.75) is 32.7 Å². The van der Waals surface area contributed by atoms with Crippen LogP contribution in [0.4, 0.5) is 0 Å². The summed E-state index contributed by atoms with van der Waals surface area (Å²) in [5, 5.41) is 0. The molecule has 21 heavy (non-hydrogen) atoms. The molecule has 0 unspecified atom stereocenters. The highest BCUT2D eigenvalue weighted by atomic mass is 16.5. The number of allylic oxidation sites excluding steroid dienone is 2. The molecule has 0 radical (unpaired) electrons. The van der Waals surface area contributed by atoms with Crippen LogP contribution in [0.3, 0.4) is 0 Å². The van der Waals surface area contributed by atoms with Crippen molar-refractivity contribution >= 4 is 0 Å². The van der Waals surface area contributed by atoms with E-state index in [9.17, 15) is 0 Å². The second-order valence-electron chi connectivity index (χ2n) is 5.34. The second kappa shape index (κ2) is 8.53. The van der Waals surface area contributed by atoms with E-state index in [2.05, 4.69) is 30.1 Å². The number of unbranched alkanes of at least 4 members (excludes halogenated alkanes) is 2. The standard InChI is InChI=1S/C18H26N2O/c1-2-3-7-12-20-13-8-6-10-17(20)15-21-18-11-5-4-9-16(18)14-19/h4-6,8-11H,2-3,7,12-15,19H2,1H3. The first-order valence-electron chi connectivity index (χ1n) is 7.86. The summed E-state index contributed by atoms with van der Waals surface area (Å²) >= 11 is 0. The van der Waals surface area contributed by atoms with Crippen LogP contribution in [0.25, 0.3) is 0 Å². The molecule has 0 aliphatic carbocycles. The van der Waals surface area contributed by atoms with Crippen LogP contribution < -0.4 is 10.5 Å². The van der Waals surface area contributed by atoms with Crippen LogP contribution in [0.5, 0.6) is 5.75 Å². The molecule has 1 aromatic rings. The Morgan fingerprint density at radius 1 is 1.24 bits per heavy atom. The normalized spacial score (nSPS) is 14.2. The van der Waals surface area contributed by atoms with Crippen LogP contribution in [-0.2, 0) is 6.54 Å². The van der Waals surface area contributed by atoms with Gasteiger partial charge in [0.2, 0.25) is 0 Å². The minimum Gasteiger partial charge on any atom is -0.487 e. The average molecular weight is 286 g/mol. The molecule has 0 saturated carbocycles. The lowest BCUT2D eigenvalue weighted by molar-refractivity contribution is 0.271. The highest BCUT2D eigenvalue weighted by molar-refractivity contribution is 5.33.